The van der Waals surface area contributed by atoms with Crippen molar-refractivity contribution in [3.63, 3.8) is 0 Å². The molecule has 1 amide bonds. The highest BCUT2D eigenvalue weighted by molar-refractivity contribution is 7.18. The summed E-state index contributed by atoms with van der Waals surface area (Å²) in [6.45, 7) is 9.55. The van der Waals surface area contributed by atoms with Gasteiger partial charge in [-0.2, -0.15) is 0 Å². The number of aryl methyl sites for hydroxylation is 1. The van der Waals surface area contributed by atoms with E-state index in [0.29, 0.717) is 52.8 Å². The molecule has 2 aromatic carbocycles. The van der Waals surface area contributed by atoms with E-state index < -0.39 is 17.7 Å². The Morgan fingerprint density at radius 3 is 2.52 bits per heavy atom. The van der Waals surface area contributed by atoms with Crippen LogP contribution in [0.4, 0.5) is 5.13 Å². The molecule has 10 heteroatoms. The predicted octanol–water partition coefficient (Wildman–Crippen LogP) is 5.40. The molecule has 3 heterocycles. The first-order valence-electron chi connectivity index (χ1n) is 13.1. The maximum atomic E-state index is 13.6. The number of Topliss-reactive ketones (excluding diaryl/α,β-unsaturated/α-hetero) is 2. The monoisotopic (exact) mass is 562 g/mol. The fraction of sp³-hybridized carbons (Fsp3) is 0.333. The molecule has 0 aliphatic carbocycles. The van der Waals surface area contributed by atoms with Crippen LogP contribution in [0.2, 0.25) is 0 Å². The number of carbonyl (C=O) groups excluding carboxylic acids is 3. The number of amides is 1. The number of ether oxygens (including phenoxy) is 3. The van der Waals surface area contributed by atoms with Crippen LogP contribution >= 0.6 is 11.3 Å². The van der Waals surface area contributed by atoms with Crippen LogP contribution in [-0.4, -0.2) is 46.9 Å². The summed E-state index contributed by atoms with van der Waals surface area (Å²) in [6, 6.07) is 9.33. The molecule has 0 radical (unpaired) electrons. The van der Waals surface area contributed by atoms with Crippen LogP contribution in [0.5, 0.6) is 17.2 Å². The van der Waals surface area contributed by atoms with Crippen LogP contribution in [0.3, 0.4) is 0 Å². The fourth-order valence-electron chi connectivity index (χ4n) is 5.12. The Hall–Kier alpha value is -4.18. The number of aliphatic hydroxyl groups is 1. The van der Waals surface area contributed by atoms with Crippen LogP contribution in [0, 0.1) is 6.92 Å². The van der Waals surface area contributed by atoms with Gasteiger partial charge in [0.1, 0.15) is 17.6 Å². The molecule has 208 valence electrons. The van der Waals surface area contributed by atoms with Crippen LogP contribution in [-0.2, 0) is 16.0 Å². The van der Waals surface area contributed by atoms with Crippen molar-refractivity contribution in [2.45, 2.75) is 53.2 Å². The molecule has 3 aromatic rings. The van der Waals surface area contributed by atoms with E-state index >= 15 is 0 Å². The van der Waals surface area contributed by atoms with Crippen LogP contribution < -0.4 is 19.1 Å². The molecule has 2 atom stereocenters. The molecule has 2 aliphatic heterocycles. The number of ketones is 2. The van der Waals surface area contributed by atoms with Crippen LogP contribution in [0.15, 0.2) is 42.0 Å². The van der Waals surface area contributed by atoms with Gasteiger partial charge in [-0.05, 0) is 69.2 Å². The predicted molar refractivity (Wildman–Crippen MR) is 151 cm³/mol. The van der Waals surface area contributed by atoms with Gasteiger partial charge in [0.2, 0.25) is 0 Å². The number of thiazole rings is 1. The van der Waals surface area contributed by atoms with Gasteiger partial charge in [-0.1, -0.05) is 17.4 Å². The number of nitrogens with zero attached hydrogens (tertiary/aromatic N) is 2. The van der Waals surface area contributed by atoms with E-state index in [1.807, 2.05) is 20.8 Å². The Morgan fingerprint density at radius 1 is 1.12 bits per heavy atom. The Balaban J connectivity index is 1.71. The molecule has 5 rings (SSSR count). The molecule has 1 fully saturated rings. The second-order valence-corrected chi connectivity index (χ2v) is 10.6. The van der Waals surface area contributed by atoms with E-state index in [0.717, 1.165) is 22.6 Å². The van der Waals surface area contributed by atoms with Crippen LogP contribution in [0.25, 0.3) is 5.76 Å². The van der Waals surface area contributed by atoms with Gasteiger partial charge in [-0.15, -0.1) is 0 Å². The third-order valence-corrected chi connectivity index (χ3v) is 8.07. The maximum Gasteiger partial charge on any atom is 0.301 e. The minimum atomic E-state index is -1.02. The fourth-order valence-corrected chi connectivity index (χ4v) is 6.11. The van der Waals surface area contributed by atoms with Crippen LogP contribution in [0.1, 0.15) is 65.8 Å². The molecule has 0 saturated carbocycles. The van der Waals surface area contributed by atoms with E-state index in [1.165, 1.54) is 11.8 Å². The summed E-state index contributed by atoms with van der Waals surface area (Å²) in [5.74, 6) is -0.512. The maximum absolute atomic E-state index is 13.6. The summed E-state index contributed by atoms with van der Waals surface area (Å²) in [4.78, 5) is 45.5. The summed E-state index contributed by atoms with van der Waals surface area (Å²) < 4.78 is 17.3. The number of carbonyl (C=O) groups is 3. The van der Waals surface area contributed by atoms with Gasteiger partial charge in [0.25, 0.3) is 5.78 Å². The largest absolute Gasteiger partial charge is 0.507 e. The first-order valence-corrected chi connectivity index (χ1v) is 13.9. The molecule has 0 unspecified atom stereocenters. The SMILES string of the molecule is CCOc1ccc([C@H]2C(=C(O)c3ccc4c(c3)C[C@@H](C)O4)C(=O)C(=O)N2c2nc(C)c(C(C)=O)s2)cc1OCC. The molecular formula is C30H30N2O7S. The van der Waals surface area contributed by atoms with Crippen molar-refractivity contribution in [3.8, 4) is 17.2 Å². The molecule has 1 saturated heterocycles. The van der Waals surface area contributed by atoms with Crippen molar-refractivity contribution in [1.29, 1.82) is 0 Å². The van der Waals surface area contributed by atoms with E-state index in [9.17, 15) is 19.5 Å². The van der Waals surface area contributed by atoms with Gasteiger partial charge in [0.05, 0.1) is 35.4 Å². The van der Waals surface area contributed by atoms with Crippen molar-refractivity contribution in [2.75, 3.05) is 18.1 Å². The number of fused-ring (bicyclic) bond motifs is 1. The molecule has 0 spiro atoms. The van der Waals surface area contributed by atoms with Gasteiger partial charge in [0.15, 0.2) is 22.4 Å². The molecule has 40 heavy (non-hydrogen) atoms. The highest BCUT2D eigenvalue weighted by Gasteiger charge is 2.48. The number of hydrogen-bond acceptors (Lipinski definition) is 9. The number of anilines is 1. The number of rotatable bonds is 8. The Kier molecular flexibility index (Phi) is 7.37. The quantitative estimate of drug-likeness (QED) is 0.168. The third-order valence-electron chi connectivity index (χ3n) is 6.81. The zero-order valence-electron chi connectivity index (χ0n) is 22.9. The number of benzene rings is 2. The van der Waals surface area contributed by atoms with E-state index in [4.69, 9.17) is 14.2 Å². The van der Waals surface area contributed by atoms with E-state index in [-0.39, 0.29) is 28.4 Å². The van der Waals surface area contributed by atoms with E-state index in [2.05, 4.69) is 4.98 Å². The Labute approximate surface area is 236 Å². The molecular weight excluding hydrogens is 532 g/mol. The number of aromatic nitrogens is 1. The summed E-state index contributed by atoms with van der Waals surface area (Å²) in [5, 5.41) is 11.8. The highest BCUT2D eigenvalue weighted by Crippen LogP contribution is 2.46. The van der Waals surface area contributed by atoms with Crippen molar-refractivity contribution < 1.29 is 33.7 Å². The topological polar surface area (TPSA) is 115 Å². The lowest BCUT2D eigenvalue weighted by Crippen LogP contribution is -2.29. The molecule has 9 nitrogen and oxygen atoms in total. The number of hydrogen-bond donors (Lipinski definition) is 1. The van der Waals surface area contributed by atoms with Gasteiger partial charge in [0, 0.05) is 18.9 Å². The Bertz CT molecular complexity index is 1560. The first-order chi connectivity index (χ1) is 19.1. The lowest BCUT2D eigenvalue weighted by molar-refractivity contribution is -0.132. The van der Waals surface area contributed by atoms with Crippen molar-refractivity contribution >= 4 is 39.7 Å². The van der Waals surface area contributed by atoms with Gasteiger partial charge < -0.3 is 19.3 Å². The van der Waals surface area contributed by atoms with Gasteiger partial charge in [-0.25, -0.2) is 4.98 Å². The molecule has 1 aromatic heterocycles. The number of aliphatic hydroxyl groups excluding tert-OH is 1. The normalized spacial score (nSPS) is 19.5. The van der Waals surface area contributed by atoms with E-state index in [1.54, 1.807) is 43.3 Å². The average Bonchev–Trinajstić information content (AvgIpc) is 3.57. The second-order valence-electron chi connectivity index (χ2n) is 9.66. The van der Waals surface area contributed by atoms with Crippen molar-refractivity contribution in [2.24, 2.45) is 0 Å². The minimum Gasteiger partial charge on any atom is -0.507 e. The smallest absolute Gasteiger partial charge is 0.301 e. The van der Waals surface area contributed by atoms with Gasteiger partial charge in [-0.3, -0.25) is 19.3 Å². The lowest BCUT2D eigenvalue weighted by Gasteiger charge is -2.24. The third kappa shape index (κ3) is 4.72. The molecule has 1 N–H and O–H groups in total. The van der Waals surface area contributed by atoms with Crippen molar-refractivity contribution in [3.05, 3.63) is 69.2 Å². The average molecular weight is 563 g/mol. The minimum absolute atomic E-state index is 0.00225. The second kappa shape index (κ2) is 10.8. The first kappa shape index (κ1) is 27.4. The highest BCUT2D eigenvalue weighted by atomic mass is 32.1. The summed E-state index contributed by atoms with van der Waals surface area (Å²) in [5.41, 5.74) is 2.20. The lowest BCUT2D eigenvalue weighted by atomic mass is 9.94. The molecule has 0 bridgehead atoms. The standard InChI is InChI=1S/C30H30N2O7S/c1-6-37-22-11-8-18(14-23(22)38-7-2)25-24(26(34)19-9-10-21-20(13-19)12-15(3)39-21)27(35)29(36)32(25)30-31-16(4)28(40-30)17(5)33/h8-11,13-15,25,34H,6-7,12H2,1-5H3/t15-,25+/m1/s1. The summed E-state index contributed by atoms with van der Waals surface area (Å²) >= 11 is 1.04. The van der Waals surface area contributed by atoms with Crippen molar-refractivity contribution in [1.82, 2.24) is 4.98 Å². The zero-order valence-corrected chi connectivity index (χ0v) is 23.8. The summed E-state index contributed by atoms with van der Waals surface area (Å²) in [6.07, 6.45) is 0.666. The zero-order chi connectivity index (χ0) is 28.7. The van der Waals surface area contributed by atoms with Gasteiger partial charge >= 0.3 is 5.91 Å². The summed E-state index contributed by atoms with van der Waals surface area (Å²) in [7, 11) is 0. The molecule has 2 aliphatic rings. The Morgan fingerprint density at radius 2 is 1.85 bits per heavy atom.